The van der Waals surface area contributed by atoms with Gasteiger partial charge in [-0.05, 0) is 52.3 Å². The van der Waals surface area contributed by atoms with Gasteiger partial charge in [-0.3, -0.25) is 0 Å². The van der Waals surface area contributed by atoms with Gasteiger partial charge >= 0.3 is 0 Å². The van der Waals surface area contributed by atoms with Crippen LogP contribution in [0, 0.1) is 0 Å². The summed E-state index contributed by atoms with van der Waals surface area (Å²) in [6.45, 7) is 0.638. The predicted molar refractivity (Wildman–Crippen MR) is 87.6 cm³/mol. The van der Waals surface area contributed by atoms with Crippen LogP contribution in [0.25, 0.3) is 0 Å². The monoisotopic (exact) mass is 351 g/mol. The van der Waals surface area contributed by atoms with Gasteiger partial charge in [0.25, 0.3) is 0 Å². The highest BCUT2D eigenvalue weighted by Crippen LogP contribution is 2.29. The van der Waals surface area contributed by atoms with Crippen LogP contribution in [0.4, 0.5) is 5.69 Å². The number of methoxy groups -OCH3 is 3. The van der Waals surface area contributed by atoms with E-state index in [1.807, 2.05) is 36.4 Å². The van der Waals surface area contributed by atoms with Gasteiger partial charge in [-0.15, -0.1) is 0 Å². The summed E-state index contributed by atoms with van der Waals surface area (Å²) in [7, 11) is 4.96. The molecule has 0 spiro atoms. The number of halogens is 1. The zero-order chi connectivity index (χ0) is 15.2. The fourth-order valence-electron chi connectivity index (χ4n) is 1.99. The van der Waals surface area contributed by atoms with Gasteiger partial charge in [0, 0.05) is 17.8 Å². The van der Waals surface area contributed by atoms with Gasteiger partial charge in [-0.1, -0.05) is 0 Å². The number of benzene rings is 2. The summed E-state index contributed by atoms with van der Waals surface area (Å²) in [5.74, 6) is 2.44. The van der Waals surface area contributed by atoms with Crippen molar-refractivity contribution in [1.82, 2.24) is 0 Å². The standard InChI is InChI=1S/C16H18BrNO3/c1-19-13-5-7-15(20-2)11(8-13)10-18-12-4-6-16(21-3)14(17)9-12/h4-9,18H,10H2,1-3H3. The third kappa shape index (κ3) is 3.82. The molecule has 2 aromatic rings. The molecule has 0 unspecified atom stereocenters. The molecular formula is C16H18BrNO3. The molecule has 0 bridgehead atoms. The molecule has 0 aromatic heterocycles. The molecule has 0 radical (unpaired) electrons. The summed E-state index contributed by atoms with van der Waals surface area (Å²) in [6, 6.07) is 11.6. The highest BCUT2D eigenvalue weighted by atomic mass is 79.9. The molecule has 0 aliphatic rings. The highest BCUT2D eigenvalue weighted by molar-refractivity contribution is 9.10. The van der Waals surface area contributed by atoms with Crippen LogP contribution in [-0.2, 0) is 6.54 Å². The Bertz CT molecular complexity index is 616. The molecule has 0 saturated heterocycles. The first kappa shape index (κ1) is 15.5. The van der Waals surface area contributed by atoms with E-state index in [2.05, 4.69) is 21.2 Å². The van der Waals surface area contributed by atoms with Gasteiger partial charge in [-0.25, -0.2) is 0 Å². The molecule has 2 rings (SSSR count). The zero-order valence-corrected chi connectivity index (χ0v) is 13.9. The zero-order valence-electron chi connectivity index (χ0n) is 12.3. The maximum atomic E-state index is 5.37. The molecule has 21 heavy (non-hydrogen) atoms. The van der Waals surface area contributed by atoms with Crippen molar-refractivity contribution in [2.24, 2.45) is 0 Å². The van der Waals surface area contributed by atoms with Crippen LogP contribution in [0.2, 0.25) is 0 Å². The van der Waals surface area contributed by atoms with Crippen LogP contribution in [0.15, 0.2) is 40.9 Å². The quantitative estimate of drug-likeness (QED) is 0.850. The first-order valence-corrected chi connectivity index (χ1v) is 7.25. The second-order valence-electron chi connectivity index (χ2n) is 4.38. The van der Waals surface area contributed by atoms with E-state index >= 15 is 0 Å². The van der Waals surface area contributed by atoms with E-state index in [0.29, 0.717) is 6.54 Å². The SMILES string of the molecule is COc1ccc(OC)c(CNc2ccc(OC)c(Br)c2)c1. The van der Waals surface area contributed by atoms with Gasteiger partial charge in [0.2, 0.25) is 0 Å². The Morgan fingerprint density at radius 2 is 1.62 bits per heavy atom. The second kappa shape index (κ2) is 7.22. The average Bonchev–Trinajstić information content (AvgIpc) is 2.52. The van der Waals surface area contributed by atoms with Gasteiger partial charge < -0.3 is 19.5 Å². The molecule has 0 atom stereocenters. The van der Waals surface area contributed by atoms with E-state index in [9.17, 15) is 0 Å². The van der Waals surface area contributed by atoms with Crippen LogP contribution in [0.1, 0.15) is 5.56 Å². The maximum Gasteiger partial charge on any atom is 0.133 e. The van der Waals surface area contributed by atoms with Crippen molar-refractivity contribution in [3.63, 3.8) is 0 Å². The van der Waals surface area contributed by atoms with Crippen molar-refractivity contribution in [1.29, 1.82) is 0 Å². The summed E-state index contributed by atoms with van der Waals surface area (Å²) in [4.78, 5) is 0. The second-order valence-corrected chi connectivity index (χ2v) is 5.23. The average molecular weight is 352 g/mol. The molecule has 1 N–H and O–H groups in total. The van der Waals surface area contributed by atoms with Gasteiger partial charge in [0.1, 0.15) is 17.2 Å². The number of rotatable bonds is 6. The molecule has 0 fully saturated rings. The van der Waals surface area contributed by atoms with Crippen molar-refractivity contribution >= 4 is 21.6 Å². The molecule has 5 heteroatoms. The smallest absolute Gasteiger partial charge is 0.133 e. The number of nitrogens with one attached hydrogen (secondary N) is 1. The van der Waals surface area contributed by atoms with Crippen LogP contribution >= 0.6 is 15.9 Å². The van der Waals surface area contributed by atoms with Crippen LogP contribution in [-0.4, -0.2) is 21.3 Å². The van der Waals surface area contributed by atoms with Crippen molar-refractivity contribution in [2.75, 3.05) is 26.6 Å². The third-order valence-corrected chi connectivity index (χ3v) is 3.74. The molecule has 0 amide bonds. The molecule has 0 aliphatic heterocycles. The van der Waals surface area contributed by atoms with Crippen LogP contribution in [0.3, 0.4) is 0 Å². The summed E-state index contributed by atoms with van der Waals surface area (Å²) >= 11 is 3.47. The normalized spacial score (nSPS) is 10.1. The van der Waals surface area contributed by atoms with E-state index in [4.69, 9.17) is 14.2 Å². The van der Waals surface area contributed by atoms with E-state index in [0.717, 1.165) is 33.0 Å². The minimum absolute atomic E-state index is 0.638. The predicted octanol–water partition coefficient (Wildman–Crippen LogP) is 4.09. The Balaban J connectivity index is 2.13. The van der Waals surface area contributed by atoms with E-state index in [-0.39, 0.29) is 0 Å². The van der Waals surface area contributed by atoms with E-state index in [1.165, 1.54) is 0 Å². The Hall–Kier alpha value is -1.88. The lowest BCUT2D eigenvalue weighted by molar-refractivity contribution is 0.399. The summed E-state index contributed by atoms with van der Waals surface area (Å²) in [5, 5.41) is 3.36. The minimum atomic E-state index is 0.638. The number of ether oxygens (including phenoxy) is 3. The highest BCUT2D eigenvalue weighted by Gasteiger charge is 2.06. The van der Waals surface area contributed by atoms with Crippen molar-refractivity contribution in [2.45, 2.75) is 6.54 Å². The first-order chi connectivity index (χ1) is 10.2. The maximum absolute atomic E-state index is 5.37. The Morgan fingerprint density at radius 3 is 2.24 bits per heavy atom. The van der Waals surface area contributed by atoms with Crippen molar-refractivity contribution < 1.29 is 14.2 Å². The number of hydrogen-bond donors (Lipinski definition) is 1. The largest absolute Gasteiger partial charge is 0.497 e. The minimum Gasteiger partial charge on any atom is -0.497 e. The number of hydrogen-bond acceptors (Lipinski definition) is 4. The molecule has 2 aromatic carbocycles. The third-order valence-electron chi connectivity index (χ3n) is 3.12. The van der Waals surface area contributed by atoms with E-state index in [1.54, 1.807) is 21.3 Å². The summed E-state index contributed by atoms with van der Waals surface area (Å²) < 4.78 is 16.7. The van der Waals surface area contributed by atoms with Gasteiger partial charge in [-0.2, -0.15) is 0 Å². The van der Waals surface area contributed by atoms with Crippen LogP contribution in [0.5, 0.6) is 17.2 Å². The Labute approximate surface area is 133 Å². The topological polar surface area (TPSA) is 39.7 Å². The molecule has 0 heterocycles. The summed E-state index contributed by atoms with van der Waals surface area (Å²) in [6.07, 6.45) is 0. The van der Waals surface area contributed by atoms with Gasteiger partial charge in [0.05, 0.1) is 25.8 Å². The Morgan fingerprint density at radius 1 is 0.905 bits per heavy atom. The first-order valence-electron chi connectivity index (χ1n) is 6.46. The molecular weight excluding hydrogens is 334 g/mol. The lowest BCUT2D eigenvalue weighted by Crippen LogP contribution is -2.02. The Kier molecular flexibility index (Phi) is 5.33. The van der Waals surface area contributed by atoms with Crippen molar-refractivity contribution in [3.05, 3.63) is 46.4 Å². The summed E-state index contributed by atoms with van der Waals surface area (Å²) in [5.41, 5.74) is 2.02. The molecule has 4 nitrogen and oxygen atoms in total. The fraction of sp³-hybridized carbons (Fsp3) is 0.250. The number of anilines is 1. The molecule has 0 saturated carbocycles. The van der Waals surface area contributed by atoms with Gasteiger partial charge in [0.15, 0.2) is 0 Å². The lowest BCUT2D eigenvalue weighted by atomic mass is 10.2. The fourth-order valence-corrected chi connectivity index (χ4v) is 2.53. The van der Waals surface area contributed by atoms with Crippen molar-refractivity contribution in [3.8, 4) is 17.2 Å². The molecule has 0 aliphatic carbocycles. The van der Waals surface area contributed by atoms with E-state index < -0.39 is 0 Å². The molecule has 112 valence electrons. The van der Waals surface area contributed by atoms with Crippen LogP contribution < -0.4 is 19.5 Å². The lowest BCUT2D eigenvalue weighted by Gasteiger charge is -2.13.